The number of anilines is 1. The standard InChI is InChI=1S/C17H19N5O3S/c1-10-13-15(18-8-12-3-2-5-24-12)20-9-21-17(13)26-14(10)16(23)19-7-11-4-6-25-22-11/h4,6,9,12H,2-3,5,7-8H2,1H3,(H,19,23)(H,18,20,21). The summed E-state index contributed by atoms with van der Waals surface area (Å²) in [7, 11) is 0. The molecule has 1 atom stereocenters. The molecule has 0 bridgehead atoms. The average molecular weight is 373 g/mol. The lowest BCUT2D eigenvalue weighted by atomic mass is 10.2. The molecule has 136 valence electrons. The lowest BCUT2D eigenvalue weighted by molar-refractivity contribution is 0.0953. The van der Waals surface area contributed by atoms with Crippen LogP contribution in [0, 0.1) is 6.92 Å². The number of hydrogen-bond donors (Lipinski definition) is 2. The van der Waals surface area contributed by atoms with Gasteiger partial charge in [-0.1, -0.05) is 5.16 Å². The van der Waals surface area contributed by atoms with Crippen LogP contribution in [0.25, 0.3) is 10.2 Å². The maximum absolute atomic E-state index is 12.6. The van der Waals surface area contributed by atoms with Gasteiger partial charge in [0.1, 0.15) is 28.9 Å². The fourth-order valence-corrected chi connectivity index (χ4v) is 4.08. The van der Waals surface area contributed by atoms with E-state index in [1.54, 1.807) is 6.07 Å². The van der Waals surface area contributed by atoms with Crippen LogP contribution in [0.3, 0.4) is 0 Å². The zero-order valence-corrected chi connectivity index (χ0v) is 15.1. The number of carbonyl (C=O) groups excluding carboxylic acids is 1. The predicted octanol–water partition coefficient (Wildman–Crippen LogP) is 2.51. The third kappa shape index (κ3) is 3.40. The van der Waals surface area contributed by atoms with E-state index < -0.39 is 0 Å². The van der Waals surface area contributed by atoms with E-state index in [0.29, 0.717) is 23.7 Å². The van der Waals surface area contributed by atoms with E-state index in [0.717, 1.165) is 41.0 Å². The van der Waals surface area contributed by atoms with Gasteiger partial charge >= 0.3 is 0 Å². The Morgan fingerprint density at radius 2 is 2.35 bits per heavy atom. The van der Waals surface area contributed by atoms with E-state index in [1.807, 2.05) is 6.92 Å². The van der Waals surface area contributed by atoms with Gasteiger partial charge in [0, 0.05) is 19.2 Å². The van der Waals surface area contributed by atoms with E-state index in [2.05, 4.69) is 25.8 Å². The Morgan fingerprint density at radius 1 is 1.42 bits per heavy atom. The summed E-state index contributed by atoms with van der Waals surface area (Å²) in [6.45, 7) is 3.76. The molecule has 0 aliphatic carbocycles. The minimum atomic E-state index is -0.154. The number of ether oxygens (including phenoxy) is 1. The highest BCUT2D eigenvalue weighted by molar-refractivity contribution is 7.20. The van der Waals surface area contributed by atoms with Crippen molar-refractivity contribution in [1.29, 1.82) is 0 Å². The maximum Gasteiger partial charge on any atom is 0.262 e. The zero-order valence-electron chi connectivity index (χ0n) is 14.3. The molecule has 0 saturated carbocycles. The van der Waals surface area contributed by atoms with E-state index in [4.69, 9.17) is 9.26 Å². The van der Waals surface area contributed by atoms with Gasteiger partial charge in [0.15, 0.2) is 0 Å². The average Bonchev–Trinajstić information content (AvgIpc) is 3.40. The predicted molar refractivity (Wildman–Crippen MR) is 97.3 cm³/mol. The topological polar surface area (TPSA) is 102 Å². The number of nitrogens with zero attached hydrogens (tertiary/aromatic N) is 3. The Kier molecular flexibility index (Phi) is 4.81. The molecule has 9 heteroatoms. The van der Waals surface area contributed by atoms with E-state index in [-0.39, 0.29) is 12.0 Å². The quantitative estimate of drug-likeness (QED) is 0.684. The molecule has 1 amide bonds. The third-order valence-corrected chi connectivity index (χ3v) is 5.57. The summed E-state index contributed by atoms with van der Waals surface area (Å²) in [5.74, 6) is 0.591. The van der Waals surface area contributed by atoms with Crippen molar-refractivity contribution in [2.75, 3.05) is 18.5 Å². The van der Waals surface area contributed by atoms with Crippen LogP contribution in [0.2, 0.25) is 0 Å². The van der Waals surface area contributed by atoms with Crippen LogP contribution in [0.5, 0.6) is 0 Å². The molecule has 2 N–H and O–H groups in total. The lowest BCUT2D eigenvalue weighted by Gasteiger charge is -2.12. The van der Waals surface area contributed by atoms with Gasteiger partial charge in [0.25, 0.3) is 5.91 Å². The van der Waals surface area contributed by atoms with Gasteiger partial charge in [0.2, 0.25) is 0 Å². The van der Waals surface area contributed by atoms with Crippen molar-refractivity contribution in [1.82, 2.24) is 20.4 Å². The van der Waals surface area contributed by atoms with E-state index >= 15 is 0 Å². The van der Waals surface area contributed by atoms with Gasteiger partial charge in [-0.15, -0.1) is 11.3 Å². The second-order valence-electron chi connectivity index (χ2n) is 6.15. The monoisotopic (exact) mass is 373 g/mol. The van der Waals surface area contributed by atoms with Crippen LogP contribution in [0.1, 0.15) is 33.8 Å². The highest BCUT2D eigenvalue weighted by Gasteiger charge is 2.21. The van der Waals surface area contributed by atoms with Crippen molar-refractivity contribution < 1.29 is 14.1 Å². The Labute approximate surface area is 154 Å². The first kappa shape index (κ1) is 16.9. The minimum absolute atomic E-state index is 0.154. The molecule has 3 aromatic heterocycles. The van der Waals surface area contributed by atoms with Crippen LogP contribution < -0.4 is 10.6 Å². The molecule has 1 aliphatic heterocycles. The first-order valence-corrected chi connectivity index (χ1v) is 9.31. The zero-order chi connectivity index (χ0) is 17.9. The molecule has 3 aromatic rings. The Bertz CT molecular complexity index is 903. The molecule has 0 spiro atoms. The SMILES string of the molecule is Cc1c(C(=O)NCc2ccon2)sc2ncnc(NCC3CCCO3)c12. The smallest absolute Gasteiger partial charge is 0.262 e. The van der Waals surface area contributed by atoms with Crippen molar-refractivity contribution >= 4 is 33.3 Å². The first-order valence-electron chi connectivity index (χ1n) is 8.49. The van der Waals surface area contributed by atoms with Crippen LogP contribution in [-0.2, 0) is 11.3 Å². The Hall–Kier alpha value is -2.52. The van der Waals surface area contributed by atoms with Gasteiger partial charge < -0.3 is 19.9 Å². The molecule has 26 heavy (non-hydrogen) atoms. The van der Waals surface area contributed by atoms with Gasteiger partial charge in [-0.05, 0) is 25.3 Å². The van der Waals surface area contributed by atoms with Crippen molar-refractivity contribution in [3.63, 3.8) is 0 Å². The first-order chi connectivity index (χ1) is 12.7. The molecule has 1 saturated heterocycles. The van der Waals surface area contributed by atoms with Crippen LogP contribution in [-0.4, -0.2) is 40.3 Å². The Morgan fingerprint density at radius 3 is 3.12 bits per heavy atom. The lowest BCUT2D eigenvalue weighted by Crippen LogP contribution is -2.22. The second kappa shape index (κ2) is 7.38. The minimum Gasteiger partial charge on any atom is -0.376 e. The summed E-state index contributed by atoms with van der Waals surface area (Å²) in [6, 6.07) is 1.72. The largest absolute Gasteiger partial charge is 0.376 e. The summed E-state index contributed by atoms with van der Waals surface area (Å²) in [6.07, 6.45) is 5.36. The van der Waals surface area contributed by atoms with Crippen molar-refractivity contribution in [3.8, 4) is 0 Å². The van der Waals surface area contributed by atoms with Gasteiger partial charge in [-0.2, -0.15) is 0 Å². The molecular formula is C17H19N5O3S. The maximum atomic E-state index is 12.6. The molecule has 8 nitrogen and oxygen atoms in total. The molecular weight excluding hydrogens is 354 g/mol. The second-order valence-corrected chi connectivity index (χ2v) is 7.15. The number of aromatic nitrogens is 3. The van der Waals surface area contributed by atoms with Crippen LogP contribution in [0.15, 0.2) is 23.2 Å². The molecule has 1 aliphatic rings. The van der Waals surface area contributed by atoms with E-state index in [1.165, 1.54) is 23.9 Å². The number of nitrogens with one attached hydrogen (secondary N) is 2. The van der Waals surface area contributed by atoms with E-state index in [9.17, 15) is 4.79 Å². The van der Waals surface area contributed by atoms with Gasteiger partial charge in [0.05, 0.1) is 22.9 Å². The molecule has 1 fully saturated rings. The molecule has 4 heterocycles. The molecule has 0 aromatic carbocycles. The number of hydrogen-bond acceptors (Lipinski definition) is 8. The van der Waals surface area contributed by atoms with Gasteiger partial charge in [-0.3, -0.25) is 4.79 Å². The van der Waals surface area contributed by atoms with Crippen molar-refractivity contribution in [3.05, 3.63) is 34.8 Å². The fraction of sp³-hybridized carbons (Fsp3) is 0.412. The summed E-state index contributed by atoms with van der Waals surface area (Å²) >= 11 is 1.36. The number of carbonyl (C=O) groups is 1. The number of fused-ring (bicyclic) bond motifs is 1. The third-order valence-electron chi connectivity index (χ3n) is 4.38. The Balaban J connectivity index is 1.53. The number of aryl methyl sites for hydroxylation is 1. The molecule has 0 radical (unpaired) electrons. The summed E-state index contributed by atoms with van der Waals surface area (Å²) < 4.78 is 10.4. The highest BCUT2D eigenvalue weighted by Crippen LogP contribution is 2.33. The van der Waals surface area contributed by atoms with Crippen molar-refractivity contribution in [2.45, 2.75) is 32.4 Å². The highest BCUT2D eigenvalue weighted by atomic mass is 32.1. The van der Waals surface area contributed by atoms with Crippen molar-refractivity contribution in [2.24, 2.45) is 0 Å². The summed E-state index contributed by atoms with van der Waals surface area (Å²) in [4.78, 5) is 22.7. The molecule has 1 unspecified atom stereocenters. The van der Waals surface area contributed by atoms with Gasteiger partial charge in [-0.25, -0.2) is 9.97 Å². The van der Waals surface area contributed by atoms with Crippen LogP contribution in [0.4, 0.5) is 5.82 Å². The molecule has 4 rings (SSSR count). The fourth-order valence-electron chi connectivity index (χ4n) is 3.02. The normalized spacial score (nSPS) is 16.9. The number of thiophene rings is 1. The number of amides is 1. The summed E-state index contributed by atoms with van der Waals surface area (Å²) in [5.41, 5.74) is 1.55. The number of rotatable bonds is 6. The van der Waals surface area contributed by atoms with Crippen LogP contribution >= 0.6 is 11.3 Å². The summed E-state index contributed by atoms with van der Waals surface area (Å²) in [5, 5.41) is 10.9.